The lowest BCUT2D eigenvalue weighted by Crippen LogP contribution is -2.48. The summed E-state index contributed by atoms with van der Waals surface area (Å²) >= 11 is 5.95. The van der Waals surface area contributed by atoms with Crippen molar-refractivity contribution in [1.82, 2.24) is 15.2 Å². The number of benzene rings is 1. The van der Waals surface area contributed by atoms with Gasteiger partial charge in [-0.3, -0.25) is 9.88 Å². The molecule has 1 aromatic carbocycles. The van der Waals surface area contributed by atoms with E-state index in [-0.39, 0.29) is 0 Å². The Morgan fingerprint density at radius 2 is 1.78 bits per heavy atom. The minimum Gasteiger partial charge on any atom is -0.369 e. The van der Waals surface area contributed by atoms with E-state index in [1.54, 1.807) is 0 Å². The van der Waals surface area contributed by atoms with Gasteiger partial charge in [0.1, 0.15) is 0 Å². The molecule has 0 unspecified atom stereocenters. The maximum atomic E-state index is 5.95. The molecule has 2 heterocycles. The molecule has 1 saturated heterocycles. The van der Waals surface area contributed by atoms with Gasteiger partial charge in [-0.1, -0.05) is 17.7 Å². The average molecular weight is 331 g/mol. The average Bonchev–Trinajstić information content (AvgIpc) is 2.61. The molecule has 1 aliphatic heterocycles. The van der Waals surface area contributed by atoms with Crippen LogP contribution in [0, 0.1) is 0 Å². The smallest absolute Gasteiger partial charge is 0.0541 e. The Bertz CT molecular complexity index is 580. The number of nitrogens with one attached hydrogen (secondary N) is 1. The second kappa shape index (κ2) is 8.29. The molecule has 122 valence electrons. The molecule has 23 heavy (non-hydrogen) atoms. The quantitative estimate of drug-likeness (QED) is 0.825. The van der Waals surface area contributed by atoms with Crippen molar-refractivity contribution in [2.45, 2.75) is 6.54 Å². The summed E-state index contributed by atoms with van der Waals surface area (Å²) in [5.74, 6) is 0. The van der Waals surface area contributed by atoms with Gasteiger partial charge < -0.3 is 10.2 Å². The van der Waals surface area contributed by atoms with Gasteiger partial charge in [0.2, 0.25) is 0 Å². The number of pyridine rings is 1. The molecule has 1 aliphatic rings. The fourth-order valence-corrected chi connectivity index (χ4v) is 2.96. The number of rotatable bonds is 6. The molecule has 0 radical (unpaired) electrons. The fourth-order valence-electron chi connectivity index (χ4n) is 2.84. The van der Waals surface area contributed by atoms with Gasteiger partial charge >= 0.3 is 0 Å². The van der Waals surface area contributed by atoms with E-state index in [9.17, 15) is 0 Å². The van der Waals surface area contributed by atoms with Crippen molar-refractivity contribution in [3.63, 3.8) is 0 Å². The summed E-state index contributed by atoms with van der Waals surface area (Å²) in [5.41, 5.74) is 2.36. The first-order chi connectivity index (χ1) is 11.3. The first-order valence-electron chi connectivity index (χ1n) is 8.15. The molecule has 0 amide bonds. The van der Waals surface area contributed by atoms with Crippen LogP contribution in [0.2, 0.25) is 5.02 Å². The van der Waals surface area contributed by atoms with Crippen LogP contribution in [0.4, 0.5) is 5.69 Å². The molecule has 5 heteroatoms. The van der Waals surface area contributed by atoms with Gasteiger partial charge in [0.05, 0.1) is 5.69 Å². The molecular formula is C18H23ClN4. The molecule has 4 nitrogen and oxygen atoms in total. The third kappa shape index (κ3) is 4.93. The maximum absolute atomic E-state index is 5.95. The van der Waals surface area contributed by atoms with Gasteiger partial charge in [-0.25, -0.2) is 0 Å². The Balaban J connectivity index is 1.35. The van der Waals surface area contributed by atoms with E-state index in [1.165, 1.54) is 5.69 Å². The summed E-state index contributed by atoms with van der Waals surface area (Å²) in [7, 11) is 0. The second-order valence-electron chi connectivity index (χ2n) is 5.80. The van der Waals surface area contributed by atoms with Crippen LogP contribution in [0.5, 0.6) is 0 Å². The molecule has 0 saturated carbocycles. The first kappa shape index (κ1) is 16.2. The second-order valence-corrected chi connectivity index (χ2v) is 6.24. The molecule has 0 atom stereocenters. The van der Waals surface area contributed by atoms with Crippen molar-refractivity contribution in [2.24, 2.45) is 0 Å². The Labute approximate surface area is 143 Å². The third-order valence-corrected chi connectivity index (χ3v) is 4.45. The van der Waals surface area contributed by atoms with E-state index in [1.807, 2.05) is 30.5 Å². The largest absolute Gasteiger partial charge is 0.369 e. The van der Waals surface area contributed by atoms with E-state index >= 15 is 0 Å². The Kier molecular flexibility index (Phi) is 5.86. The van der Waals surface area contributed by atoms with Gasteiger partial charge in [-0.15, -0.1) is 0 Å². The van der Waals surface area contributed by atoms with Crippen molar-refractivity contribution < 1.29 is 0 Å². The van der Waals surface area contributed by atoms with Gasteiger partial charge in [0, 0.05) is 62.7 Å². The predicted octanol–water partition coefficient (Wildman–Crippen LogP) is 2.65. The van der Waals surface area contributed by atoms with Crippen molar-refractivity contribution >= 4 is 17.3 Å². The molecule has 2 aromatic rings. The lowest BCUT2D eigenvalue weighted by atomic mass is 10.2. The van der Waals surface area contributed by atoms with Crippen LogP contribution >= 0.6 is 11.6 Å². The zero-order valence-corrected chi connectivity index (χ0v) is 14.0. The highest BCUT2D eigenvalue weighted by Gasteiger charge is 2.16. The zero-order chi connectivity index (χ0) is 15.9. The molecule has 1 fully saturated rings. The van der Waals surface area contributed by atoms with Gasteiger partial charge in [-0.05, 0) is 36.4 Å². The minimum absolute atomic E-state index is 0.798. The molecule has 0 spiro atoms. The van der Waals surface area contributed by atoms with E-state index in [4.69, 9.17) is 11.6 Å². The van der Waals surface area contributed by atoms with Crippen LogP contribution < -0.4 is 10.2 Å². The van der Waals surface area contributed by atoms with Crippen LogP contribution in [0.1, 0.15) is 5.69 Å². The molecule has 3 rings (SSSR count). The van der Waals surface area contributed by atoms with Gasteiger partial charge in [0.15, 0.2) is 0 Å². The molecule has 0 bridgehead atoms. The zero-order valence-electron chi connectivity index (χ0n) is 13.3. The minimum atomic E-state index is 0.798. The van der Waals surface area contributed by atoms with Crippen LogP contribution in [0.25, 0.3) is 0 Å². The third-order valence-electron chi connectivity index (χ3n) is 4.20. The SMILES string of the molecule is Clc1ccc(N2CCN(CCNCc3ccccn3)CC2)cc1. The van der Waals surface area contributed by atoms with Crippen LogP contribution in [0.15, 0.2) is 48.7 Å². The highest BCUT2D eigenvalue weighted by Crippen LogP contribution is 2.19. The number of hydrogen-bond donors (Lipinski definition) is 1. The van der Waals surface area contributed by atoms with Crippen LogP contribution in [-0.4, -0.2) is 49.2 Å². The van der Waals surface area contributed by atoms with E-state index in [0.29, 0.717) is 0 Å². The van der Waals surface area contributed by atoms with Crippen molar-refractivity contribution in [3.8, 4) is 0 Å². The van der Waals surface area contributed by atoms with Crippen molar-refractivity contribution in [3.05, 3.63) is 59.4 Å². The number of anilines is 1. The van der Waals surface area contributed by atoms with Crippen molar-refractivity contribution in [2.75, 3.05) is 44.2 Å². The lowest BCUT2D eigenvalue weighted by molar-refractivity contribution is 0.257. The van der Waals surface area contributed by atoms with Crippen molar-refractivity contribution in [1.29, 1.82) is 0 Å². The maximum Gasteiger partial charge on any atom is 0.0541 e. The van der Waals surface area contributed by atoms with Gasteiger partial charge in [0.25, 0.3) is 0 Å². The van der Waals surface area contributed by atoms with E-state index < -0.39 is 0 Å². The molecular weight excluding hydrogens is 308 g/mol. The predicted molar refractivity (Wildman–Crippen MR) is 96.0 cm³/mol. The topological polar surface area (TPSA) is 31.4 Å². The summed E-state index contributed by atoms with van der Waals surface area (Å²) in [4.78, 5) is 9.26. The number of hydrogen-bond acceptors (Lipinski definition) is 4. The normalized spacial score (nSPS) is 15.8. The summed E-state index contributed by atoms with van der Waals surface area (Å²) < 4.78 is 0. The molecule has 0 aliphatic carbocycles. The highest BCUT2D eigenvalue weighted by molar-refractivity contribution is 6.30. The van der Waals surface area contributed by atoms with E-state index in [0.717, 1.165) is 56.5 Å². The Morgan fingerprint density at radius 3 is 2.48 bits per heavy atom. The molecule has 1 N–H and O–H groups in total. The Hall–Kier alpha value is -1.62. The standard InChI is InChI=1S/C18H23ClN4/c19-16-4-6-18(7-5-16)23-13-11-22(12-14-23)10-9-20-15-17-3-1-2-8-21-17/h1-8,20H,9-15H2. The monoisotopic (exact) mass is 330 g/mol. The van der Waals surface area contributed by atoms with Crippen LogP contribution in [0.3, 0.4) is 0 Å². The van der Waals surface area contributed by atoms with E-state index in [2.05, 4.69) is 38.3 Å². The first-order valence-corrected chi connectivity index (χ1v) is 8.52. The number of halogens is 1. The number of nitrogens with zero attached hydrogens (tertiary/aromatic N) is 3. The summed E-state index contributed by atoms with van der Waals surface area (Å²) in [5, 5.41) is 4.26. The Morgan fingerprint density at radius 1 is 1.00 bits per heavy atom. The van der Waals surface area contributed by atoms with Gasteiger partial charge in [-0.2, -0.15) is 0 Å². The summed E-state index contributed by atoms with van der Waals surface area (Å²) in [6.07, 6.45) is 1.84. The summed E-state index contributed by atoms with van der Waals surface area (Å²) in [6, 6.07) is 14.2. The fraction of sp³-hybridized carbons (Fsp3) is 0.389. The summed E-state index contributed by atoms with van der Waals surface area (Å²) in [6.45, 7) is 7.27. The number of piperazine rings is 1. The number of aromatic nitrogens is 1. The van der Waals surface area contributed by atoms with Crippen LogP contribution in [-0.2, 0) is 6.54 Å². The highest BCUT2D eigenvalue weighted by atomic mass is 35.5. The lowest BCUT2D eigenvalue weighted by Gasteiger charge is -2.36. The molecule has 1 aromatic heterocycles.